The van der Waals surface area contributed by atoms with Crippen molar-refractivity contribution in [2.45, 2.75) is 50.8 Å². The molecule has 5 rings (SSSR count). The van der Waals surface area contributed by atoms with Crippen LogP contribution >= 0.6 is 27.7 Å². The van der Waals surface area contributed by atoms with Crippen LogP contribution in [0.15, 0.2) is 101 Å². The van der Waals surface area contributed by atoms with Crippen molar-refractivity contribution in [3.63, 3.8) is 0 Å². The third-order valence-corrected chi connectivity index (χ3v) is 9.14. The quantitative estimate of drug-likeness (QED) is 0.269. The van der Waals surface area contributed by atoms with Crippen LogP contribution < -0.4 is 10.6 Å². The number of aromatic nitrogens is 1. The molecule has 1 atom stereocenters. The van der Waals surface area contributed by atoms with Crippen LogP contribution in [-0.2, 0) is 11.3 Å². The highest BCUT2D eigenvalue weighted by Gasteiger charge is 2.26. The first-order valence-electron chi connectivity index (χ1n) is 13.1. The number of benzene rings is 2. The number of halogens is 1. The maximum atomic E-state index is 4.03. The molecular weight excluding hydrogens is 534 g/mol. The minimum absolute atomic E-state index is 0.106. The van der Waals surface area contributed by atoms with Crippen molar-refractivity contribution in [3.05, 3.63) is 123 Å². The van der Waals surface area contributed by atoms with Crippen LogP contribution in [0, 0.1) is 0 Å². The lowest BCUT2D eigenvalue weighted by Crippen LogP contribution is -2.40. The molecule has 2 aliphatic rings. The number of hydrogen-bond donors (Lipinski definition) is 0. The summed E-state index contributed by atoms with van der Waals surface area (Å²) >= 11 is 5.67. The third kappa shape index (κ3) is 5.30. The molecule has 1 nitrogen and oxygen atoms in total. The van der Waals surface area contributed by atoms with Gasteiger partial charge in [0.15, 0.2) is 0 Å². The summed E-state index contributed by atoms with van der Waals surface area (Å²) in [5, 5.41) is 3.81. The smallest absolute Gasteiger partial charge is 0.0611 e. The van der Waals surface area contributed by atoms with E-state index >= 15 is 0 Å². The number of rotatable bonds is 6. The van der Waals surface area contributed by atoms with Crippen LogP contribution in [-0.4, -0.2) is 4.57 Å². The fourth-order valence-electron chi connectivity index (χ4n) is 5.52. The topological polar surface area (TPSA) is 4.93 Å². The van der Waals surface area contributed by atoms with E-state index in [0.29, 0.717) is 0 Å². The molecule has 3 heteroatoms. The van der Waals surface area contributed by atoms with Crippen molar-refractivity contribution >= 4 is 56.3 Å². The molecule has 0 spiro atoms. The molecular formula is C34H34BrNS. The molecule has 37 heavy (non-hydrogen) atoms. The molecule has 2 aromatic carbocycles. The zero-order valence-electron chi connectivity index (χ0n) is 21.7. The van der Waals surface area contributed by atoms with Gasteiger partial charge in [-0.25, -0.2) is 0 Å². The number of fused-ring (bicyclic) bond motifs is 2. The lowest BCUT2D eigenvalue weighted by molar-refractivity contribution is 0.387. The van der Waals surface area contributed by atoms with E-state index in [1.54, 1.807) is 0 Å². The van der Waals surface area contributed by atoms with Gasteiger partial charge >= 0.3 is 0 Å². The second kappa shape index (κ2) is 11.3. The van der Waals surface area contributed by atoms with Gasteiger partial charge in [-0.2, -0.15) is 0 Å². The molecule has 188 valence electrons. The predicted molar refractivity (Wildman–Crippen MR) is 168 cm³/mol. The molecule has 0 N–H and O–H groups in total. The van der Waals surface area contributed by atoms with E-state index in [-0.39, 0.29) is 5.54 Å². The van der Waals surface area contributed by atoms with Crippen LogP contribution in [0.25, 0.3) is 28.6 Å². The summed E-state index contributed by atoms with van der Waals surface area (Å²) in [7, 11) is 0. The molecule has 3 aromatic rings. The standard InChI is InChI=1S/C34H34BrNS/c1-4-14-29-30-20-19-27(35)23-32(30)36(34(3)21-12-5-6-13-22-34)31(29)17-8-7-9-18-33-25(2)28-16-11-10-15-26(28)24-37-33/h4-6,9-12,14-21,23H,1,7-8,13,22,24H2,2-3H3/b18-9-,29-14-,31-17+. The Balaban J connectivity index is 1.52. The maximum Gasteiger partial charge on any atom is 0.0611 e. The molecule has 0 saturated heterocycles. The van der Waals surface area contributed by atoms with Crippen LogP contribution in [0.1, 0.15) is 50.7 Å². The fraction of sp³-hybridized carbons (Fsp3) is 0.235. The largest absolute Gasteiger partial charge is 0.331 e. The second-order valence-electron chi connectivity index (χ2n) is 10.0. The monoisotopic (exact) mass is 567 g/mol. The van der Waals surface area contributed by atoms with Crippen molar-refractivity contribution in [3.8, 4) is 0 Å². The molecule has 0 radical (unpaired) electrons. The third-order valence-electron chi connectivity index (χ3n) is 7.44. The summed E-state index contributed by atoms with van der Waals surface area (Å²) in [6.45, 7) is 8.64. The van der Waals surface area contributed by atoms with E-state index in [4.69, 9.17) is 0 Å². The first kappa shape index (κ1) is 25.9. The van der Waals surface area contributed by atoms with Gasteiger partial charge in [0, 0.05) is 31.1 Å². The van der Waals surface area contributed by atoms with Crippen LogP contribution in [0.2, 0.25) is 0 Å². The second-order valence-corrected chi connectivity index (χ2v) is 11.9. The Hall–Kier alpha value is -2.75. The van der Waals surface area contributed by atoms with E-state index < -0.39 is 0 Å². The van der Waals surface area contributed by atoms with Gasteiger partial charge in [0.1, 0.15) is 0 Å². The van der Waals surface area contributed by atoms with Gasteiger partial charge in [0.25, 0.3) is 0 Å². The summed E-state index contributed by atoms with van der Waals surface area (Å²) in [6, 6.07) is 15.4. The van der Waals surface area contributed by atoms with E-state index in [0.717, 1.165) is 35.9 Å². The number of unbranched alkanes of at least 4 members (excludes halogenated alkanes) is 1. The molecule has 0 bridgehead atoms. The van der Waals surface area contributed by atoms with Crippen LogP contribution in [0.4, 0.5) is 0 Å². The first-order chi connectivity index (χ1) is 18.0. The van der Waals surface area contributed by atoms with Crippen molar-refractivity contribution in [2.24, 2.45) is 0 Å². The van der Waals surface area contributed by atoms with Gasteiger partial charge in [-0.05, 0) is 68.4 Å². The fourth-order valence-corrected chi connectivity index (χ4v) is 6.95. The number of thioether (sulfide) groups is 1. The molecule has 0 saturated carbocycles. The number of allylic oxidation sites excluding steroid dienone is 8. The zero-order chi connectivity index (χ0) is 25.8. The Bertz CT molecular complexity index is 1580. The summed E-state index contributed by atoms with van der Waals surface area (Å²) in [6.07, 6.45) is 24.3. The van der Waals surface area contributed by atoms with E-state index in [1.807, 2.05) is 17.8 Å². The SMILES string of the molecule is C=C/C=c1\c(=C/CC/C=C\C2=C(C)c3ccccc3CS2)n(C2(C)C=CC=CCC2)c2cc(Br)ccc12. The van der Waals surface area contributed by atoms with Gasteiger partial charge in [0.05, 0.1) is 11.1 Å². The molecule has 0 amide bonds. The number of hydrogen-bond acceptors (Lipinski definition) is 1. The molecule has 1 unspecified atom stereocenters. The average Bonchev–Trinajstić information content (AvgIpc) is 3.03. The molecule has 0 fully saturated rings. The highest BCUT2D eigenvalue weighted by molar-refractivity contribution is 9.10. The van der Waals surface area contributed by atoms with Gasteiger partial charge in [-0.1, -0.05) is 108 Å². The van der Waals surface area contributed by atoms with Gasteiger partial charge in [0.2, 0.25) is 0 Å². The van der Waals surface area contributed by atoms with Crippen LogP contribution in [0.5, 0.6) is 0 Å². The van der Waals surface area contributed by atoms with Gasteiger partial charge < -0.3 is 4.57 Å². The Kier molecular flexibility index (Phi) is 7.92. The predicted octanol–water partition coefficient (Wildman–Crippen LogP) is 8.79. The lowest BCUT2D eigenvalue weighted by atomic mass is 9.95. The van der Waals surface area contributed by atoms with Crippen molar-refractivity contribution < 1.29 is 0 Å². The molecule has 1 aliphatic carbocycles. The van der Waals surface area contributed by atoms with Crippen LogP contribution in [0.3, 0.4) is 0 Å². The minimum atomic E-state index is -0.106. The highest BCUT2D eigenvalue weighted by atomic mass is 79.9. The Labute approximate surface area is 233 Å². The summed E-state index contributed by atoms with van der Waals surface area (Å²) in [4.78, 5) is 1.39. The van der Waals surface area contributed by atoms with Gasteiger partial charge in [-0.3, -0.25) is 0 Å². The number of nitrogens with zero attached hydrogens (tertiary/aromatic N) is 1. The molecule has 2 heterocycles. The minimum Gasteiger partial charge on any atom is -0.331 e. The van der Waals surface area contributed by atoms with E-state index in [9.17, 15) is 0 Å². The molecule has 1 aromatic heterocycles. The summed E-state index contributed by atoms with van der Waals surface area (Å²) in [5.74, 6) is 1.05. The van der Waals surface area contributed by atoms with Gasteiger partial charge in [-0.15, -0.1) is 11.8 Å². The lowest BCUT2D eigenvalue weighted by Gasteiger charge is -2.29. The summed E-state index contributed by atoms with van der Waals surface area (Å²) < 4.78 is 3.66. The molecule has 1 aliphatic heterocycles. The van der Waals surface area contributed by atoms with Crippen molar-refractivity contribution in [2.75, 3.05) is 0 Å². The first-order valence-corrected chi connectivity index (χ1v) is 14.9. The van der Waals surface area contributed by atoms with E-state index in [2.05, 4.69) is 132 Å². The van der Waals surface area contributed by atoms with Crippen molar-refractivity contribution in [1.82, 2.24) is 4.57 Å². The maximum absolute atomic E-state index is 4.03. The summed E-state index contributed by atoms with van der Waals surface area (Å²) in [5.41, 5.74) is 5.38. The van der Waals surface area contributed by atoms with E-state index in [1.165, 1.54) is 43.1 Å². The normalized spacial score (nSPS) is 20.7. The van der Waals surface area contributed by atoms with Crippen molar-refractivity contribution in [1.29, 1.82) is 0 Å². The Morgan fingerprint density at radius 1 is 1.14 bits per heavy atom. The Morgan fingerprint density at radius 3 is 2.86 bits per heavy atom. The average molecular weight is 569 g/mol. The zero-order valence-corrected chi connectivity index (χ0v) is 24.1. The highest BCUT2D eigenvalue weighted by Crippen LogP contribution is 2.38. The Morgan fingerprint density at radius 2 is 2.00 bits per heavy atom.